The molecule has 58 valence electrons. The third-order valence-electron chi connectivity index (χ3n) is 0.739. The Hall–Kier alpha value is -1.00. The van der Waals surface area contributed by atoms with Crippen LogP contribution in [-0.4, -0.2) is 18.8 Å². The van der Waals surface area contributed by atoms with Crippen molar-refractivity contribution >= 4 is 6.47 Å². The maximum Gasteiger partial charge on any atom is 0.429 e. The van der Waals surface area contributed by atoms with Gasteiger partial charge in [-0.25, -0.2) is 0 Å². The van der Waals surface area contributed by atoms with E-state index >= 15 is 0 Å². The molecule has 0 amide bonds. The fraction of sp³-hybridized carbons (Fsp3) is 0.400. The molecule has 0 aromatic heterocycles. The highest BCUT2D eigenvalue weighted by molar-refractivity contribution is 5.38. The molecule has 5 heteroatoms. The van der Waals surface area contributed by atoms with Gasteiger partial charge >= 0.3 is 6.18 Å². The predicted octanol–water partition coefficient (Wildman–Crippen LogP) is 1.28. The van der Waals surface area contributed by atoms with E-state index in [0.29, 0.717) is 6.08 Å². The summed E-state index contributed by atoms with van der Waals surface area (Å²) in [7, 11) is 0. The molecule has 1 atom stereocenters. The summed E-state index contributed by atoms with van der Waals surface area (Å²) in [6.07, 6.45) is -6.23. The number of rotatable bonds is 3. The average Bonchev–Trinajstić information content (AvgIpc) is 1.80. The fourth-order valence-electron chi connectivity index (χ4n) is 0.326. The molecule has 2 nitrogen and oxygen atoms in total. The van der Waals surface area contributed by atoms with E-state index in [9.17, 15) is 18.0 Å². The maximum atomic E-state index is 11.6. The molecule has 0 aliphatic carbocycles. The van der Waals surface area contributed by atoms with Crippen LogP contribution >= 0.6 is 0 Å². The maximum absolute atomic E-state index is 11.6. The van der Waals surface area contributed by atoms with Crippen LogP contribution < -0.4 is 0 Å². The Morgan fingerprint density at radius 2 is 2.00 bits per heavy atom. The van der Waals surface area contributed by atoms with E-state index in [2.05, 4.69) is 11.3 Å². The highest BCUT2D eigenvalue weighted by Gasteiger charge is 2.39. The number of alkyl halides is 3. The predicted molar refractivity (Wildman–Crippen MR) is 27.2 cm³/mol. The van der Waals surface area contributed by atoms with E-state index < -0.39 is 12.3 Å². The first kappa shape index (κ1) is 9.00. The number of hydrogen-bond donors (Lipinski definition) is 0. The van der Waals surface area contributed by atoms with Crippen LogP contribution in [0.15, 0.2) is 12.7 Å². The molecule has 0 aliphatic rings. The Balaban J connectivity index is 4.05. The molecular weight excluding hydrogens is 149 g/mol. The molecule has 0 spiro atoms. The fourth-order valence-corrected chi connectivity index (χ4v) is 0.326. The van der Waals surface area contributed by atoms with Gasteiger partial charge in [-0.05, 0) is 6.08 Å². The molecule has 0 N–H and O–H groups in total. The van der Waals surface area contributed by atoms with E-state index in [1.54, 1.807) is 0 Å². The summed E-state index contributed by atoms with van der Waals surface area (Å²) < 4.78 is 38.3. The van der Waals surface area contributed by atoms with E-state index in [0.717, 1.165) is 0 Å². The van der Waals surface area contributed by atoms with Gasteiger partial charge in [-0.1, -0.05) is 6.58 Å². The van der Waals surface area contributed by atoms with Crippen LogP contribution in [0.3, 0.4) is 0 Å². The lowest BCUT2D eigenvalue weighted by molar-refractivity contribution is -0.200. The summed E-state index contributed by atoms with van der Waals surface area (Å²) in [6.45, 7) is 2.58. The first-order valence-corrected chi connectivity index (χ1v) is 2.30. The zero-order valence-electron chi connectivity index (χ0n) is 4.89. The van der Waals surface area contributed by atoms with Gasteiger partial charge in [0.05, 0.1) is 0 Å². The first-order chi connectivity index (χ1) is 4.52. The molecule has 0 heterocycles. The second-order valence-corrected chi connectivity index (χ2v) is 1.43. The summed E-state index contributed by atoms with van der Waals surface area (Å²) >= 11 is 0. The second kappa shape index (κ2) is 3.24. The van der Waals surface area contributed by atoms with Crippen LogP contribution in [0, 0.1) is 0 Å². The monoisotopic (exact) mass is 154 g/mol. The lowest BCUT2D eigenvalue weighted by Crippen LogP contribution is -2.28. The van der Waals surface area contributed by atoms with Crippen LogP contribution in [0.5, 0.6) is 0 Å². The molecule has 0 rings (SSSR count). The van der Waals surface area contributed by atoms with Gasteiger partial charge in [0.25, 0.3) is 6.47 Å². The van der Waals surface area contributed by atoms with Crippen molar-refractivity contribution in [2.75, 3.05) is 0 Å². The van der Waals surface area contributed by atoms with Crippen molar-refractivity contribution < 1.29 is 22.7 Å². The van der Waals surface area contributed by atoms with Gasteiger partial charge < -0.3 is 4.74 Å². The van der Waals surface area contributed by atoms with Crippen LogP contribution in [0.25, 0.3) is 0 Å². The largest absolute Gasteiger partial charge is 0.451 e. The minimum Gasteiger partial charge on any atom is -0.451 e. The average molecular weight is 154 g/mol. The number of hydrogen-bond acceptors (Lipinski definition) is 2. The van der Waals surface area contributed by atoms with Crippen LogP contribution in [0.2, 0.25) is 0 Å². The lowest BCUT2D eigenvalue weighted by Gasteiger charge is -2.13. The Morgan fingerprint density at radius 1 is 1.50 bits per heavy atom. The Labute approximate surface area is 55.3 Å². The minimum absolute atomic E-state index is 0.264. The molecule has 1 unspecified atom stereocenters. The molecular formula is C5H5F3O2. The van der Waals surface area contributed by atoms with E-state index in [1.165, 1.54) is 0 Å². The third-order valence-corrected chi connectivity index (χ3v) is 0.739. The van der Waals surface area contributed by atoms with Gasteiger partial charge in [-0.2, -0.15) is 13.2 Å². The quantitative estimate of drug-likeness (QED) is 0.452. The van der Waals surface area contributed by atoms with Crippen LogP contribution in [-0.2, 0) is 9.53 Å². The number of halogens is 3. The molecule has 0 radical (unpaired) electrons. The second-order valence-electron chi connectivity index (χ2n) is 1.43. The normalized spacial score (nSPS) is 13.9. The molecule has 0 aromatic rings. The summed E-state index contributed by atoms with van der Waals surface area (Å²) in [6, 6.07) is 0. The number of carbonyl (C=O) groups excluding carboxylic acids is 1. The van der Waals surface area contributed by atoms with Crippen molar-refractivity contribution in [3.05, 3.63) is 12.7 Å². The van der Waals surface area contributed by atoms with E-state index in [1.807, 2.05) is 0 Å². The van der Waals surface area contributed by atoms with Crippen molar-refractivity contribution in [3.8, 4) is 0 Å². The first-order valence-electron chi connectivity index (χ1n) is 2.30. The molecule has 0 saturated carbocycles. The molecule has 0 aromatic carbocycles. The lowest BCUT2D eigenvalue weighted by atomic mass is 10.3. The number of carbonyl (C=O) groups is 1. The SMILES string of the molecule is C=CC(OC=O)C(F)(F)F. The van der Waals surface area contributed by atoms with Gasteiger partial charge in [0, 0.05) is 0 Å². The van der Waals surface area contributed by atoms with Crippen molar-refractivity contribution in [1.82, 2.24) is 0 Å². The minimum atomic E-state index is -4.55. The molecule has 0 bridgehead atoms. The van der Waals surface area contributed by atoms with Gasteiger partial charge in [0.2, 0.25) is 6.10 Å². The van der Waals surface area contributed by atoms with Crippen molar-refractivity contribution in [3.63, 3.8) is 0 Å². The standard InChI is InChI=1S/C5H5F3O2/c1-2-4(10-3-9)5(6,7)8/h2-4H,1H2. The Morgan fingerprint density at radius 3 is 2.10 bits per heavy atom. The highest BCUT2D eigenvalue weighted by atomic mass is 19.4. The van der Waals surface area contributed by atoms with Crippen molar-refractivity contribution in [2.45, 2.75) is 12.3 Å². The van der Waals surface area contributed by atoms with Crippen molar-refractivity contribution in [2.24, 2.45) is 0 Å². The summed E-state index contributed by atoms with van der Waals surface area (Å²) in [5.41, 5.74) is 0. The Kier molecular flexibility index (Phi) is 2.92. The molecule has 10 heavy (non-hydrogen) atoms. The third kappa shape index (κ3) is 2.52. The summed E-state index contributed by atoms with van der Waals surface area (Å²) in [5, 5.41) is 0. The smallest absolute Gasteiger partial charge is 0.429 e. The van der Waals surface area contributed by atoms with Crippen molar-refractivity contribution in [1.29, 1.82) is 0 Å². The topological polar surface area (TPSA) is 26.3 Å². The summed E-state index contributed by atoms with van der Waals surface area (Å²) in [4.78, 5) is 9.45. The van der Waals surface area contributed by atoms with Gasteiger partial charge in [0.15, 0.2) is 0 Å². The molecule has 0 saturated heterocycles. The Bertz CT molecular complexity index is 129. The zero-order chi connectivity index (χ0) is 8.20. The molecule has 0 aliphatic heterocycles. The zero-order valence-corrected chi connectivity index (χ0v) is 4.89. The van der Waals surface area contributed by atoms with Gasteiger partial charge in [0.1, 0.15) is 0 Å². The van der Waals surface area contributed by atoms with E-state index in [4.69, 9.17) is 0 Å². The van der Waals surface area contributed by atoms with Crippen LogP contribution in [0.4, 0.5) is 13.2 Å². The van der Waals surface area contributed by atoms with E-state index in [-0.39, 0.29) is 6.47 Å². The van der Waals surface area contributed by atoms with Gasteiger partial charge in [-0.3, -0.25) is 4.79 Å². The van der Waals surface area contributed by atoms with Crippen LogP contribution in [0.1, 0.15) is 0 Å². The van der Waals surface area contributed by atoms with Gasteiger partial charge in [-0.15, -0.1) is 0 Å². The molecule has 0 fully saturated rings. The number of ether oxygens (including phenoxy) is 1. The highest BCUT2D eigenvalue weighted by Crippen LogP contribution is 2.22. The summed E-state index contributed by atoms with van der Waals surface area (Å²) in [5.74, 6) is 0.